The van der Waals surface area contributed by atoms with Gasteiger partial charge in [-0.3, -0.25) is 4.79 Å². The van der Waals surface area contributed by atoms with Crippen molar-refractivity contribution in [3.05, 3.63) is 5.82 Å². The van der Waals surface area contributed by atoms with Crippen LogP contribution in [-0.4, -0.2) is 25.7 Å². The molecule has 17 heavy (non-hydrogen) atoms. The molecule has 1 saturated carbocycles. The van der Waals surface area contributed by atoms with Crippen molar-refractivity contribution in [3.63, 3.8) is 0 Å². The molecule has 2 rings (SSSR count). The maximum absolute atomic E-state index is 11.2. The summed E-state index contributed by atoms with van der Waals surface area (Å²) in [5, 5.41) is 9.36. The van der Waals surface area contributed by atoms with Gasteiger partial charge >= 0.3 is 5.97 Å². The Morgan fingerprint density at radius 3 is 2.94 bits per heavy atom. The summed E-state index contributed by atoms with van der Waals surface area (Å²) >= 11 is 2.99. The van der Waals surface area contributed by atoms with Gasteiger partial charge in [-0.15, -0.1) is 0 Å². The third-order valence-electron chi connectivity index (χ3n) is 3.04. The van der Waals surface area contributed by atoms with Gasteiger partial charge in [0.05, 0.1) is 5.92 Å². The Bertz CT molecular complexity index is 395. The molecule has 1 aliphatic carbocycles. The first-order valence-corrected chi connectivity index (χ1v) is 7.58. The zero-order valence-electron chi connectivity index (χ0n) is 9.76. The summed E-state index contributed by atoms with van der Waals surface area (Å²) in [4.78, 5) is 15.6. The maximum atomic E-state index is 11.2. The molecule has 0 aliphatic heterocycles. The van der Waals surface area contributed by atoms with Crippen molar-refractivity contribution in [2.75, 3.05) is 0 Å². The molecule has 2 atom stereocenters. The van der Waals surface area contributed by atoms with Gasteiger partial charge in [0.15, 0.2) is 4.34 Å². The van der Waals surface area contributed by atoms with Gasteiger partial charge in [-0.05, 0) is 24.4 Å². The number of carboxylic acids is 1. The average molecular weight is 272 g/mol. The number of thioether (sulfide) groups is 1. The molecule has 6 heteroatoms. The fraction of sp³-hybridized carbons (Fsp3) is 0.727. The minimum absolute atomic E-state index is 0.166. The molecule has 0 radical (unpaired) electrons. The third-order valence-corrected chi connectivity index (χ3v) is 5.26. The Balaban J connectivity index is 2.02. The first-order valence-electron chi connectivity index (χ1n) is 5.92. The van der Waals surface area contributed by atoms with Gasteiger partial charge in [-0.1, -0.05) is 31.5 Å². The molecule has 1 heterocycles. The number of hydrogen-bond acceptors (Lipinski definition) is 5. The minimum Gasteiger partial charge on any atom is -0.481 e. The smallest absolute Gasteiger partial charge is 0.307 e. The highest BCUT2D eigenvalue weighted by Crippen LogP contribution is 2.38. The van der Waals surface area contributed by atoms with Crippen LogP contribution in [0.25, 0.3) is 0 Å². The van der Waals surface area contributed by atoms with Crippen LogP contribution in [0, 0.1) is 5.92 Å². The summed E-state index contributed by atoms with van der Waals surface area (Å²) in [5.74, 6) is -0.0228. The van der Waals surface area contributed by atoms with Gasteiger partial charge in [0, 0.05) is 11.7 Å². The normalized spacial score (nSPS) is 24.8. The second-order valence-electron chi connectivity index (χ2n) is 4.22. The molecule has 1 N–H and O–H groups in total. The first kappa shape index (κ1) is 12.8. The van der Waals surface area contributed by atoms with Crippen LogP contribution in [0.15, 0.2) is 4.34 Å². The van der Waals surface area contributed by atoms with Crippen LogP contribution in [0.5, 0.6) is 0 Å². The quantitative estimate of drug-likeness (QED) is 0.913. The van der Waals surface area contributed by atoms with E-state index in [0.717, 1.165) is 42.3 Å². The third kappa shape index (κ3) is 3.19. The first-order chi connectivity index (χ1) is 8.20. The lowest BCUT2D eigenvalue weighted by atomic mass is 9.89. The number of aromatic nitrogens is 2. The van der Waals surface area contributed by atoms with Gasteiger partial charge < -0.3 is 5.11 Å². The molecule has 1 aromatic rings. The Morgan fingerprint density at radius 2 is 2.29 bits per heavy atom. The lowest BCUT2D eigenvalue weighted by Gasteiger charge is -2.26. The fourth-order valence-corrected chi connectivity index (χ4v) is 4.35. The van der Waals surface area contributed by atoms with Crippen molar-refractivity contribution < 1.29 is 9.90 Å². The highest BCUT2D eigenvalue weighted by molar-refractivity contribution is 8.01. The summed E-state index contributed by atoms with van der Waals surface area (Å²) in [6, 6.07) is 0. The van der Waals surface area contributed by atoms with Crippen LogP contribution >= 0.6 is 23.3 Å². The van der Waals surface area contributed by atoms with E-state index in [9.17, 15) is 9.90 Å². The SMILES string of the molecule is CCc1nsc(SC2CCCCC2C(=O)O)n1. The fourth-order valence-electron chi connectivity index (χ4n) is 2.08. The van der Waals surface area contributed by atoms with Crippen LogP contribution in [0.4, 0.5) is 0 Å². The maximum Gasteiger partial charge on any atom is 0.307 e. The summed E-state index contributed by atoms with van der Waals surface area (Å²) in [5.41, 5.74) is 0. The minimum atomic E-state index is -0.664. The van der Waals surface area contributed by atoms with E-state index in [1.807, 2.05) is 6.92 Å². The summed E-state index contributed by atoms with van der Waals surface area (Å²) in [6.45, 7) is 2.02. The molecule has 0 aromatic carbocycles. The number of aliphatic carboxylic acids is 1. The molecule has 2 unspecified atom stereocenters. The Morgan fingerprint density at radius 1 is 1.53 bits per heavy atom. The van der Waals surface area contributed by atoms with E-state index in [1.165, 1.54) is 11.5 Å². The molecule has 0 saturated heterocycles. The molecular weight excluding hydrogens is 256 g/mol. The van der Waals surface area contributed by atoms with E-state index in [1.54, 1.807) is 11.8 Å². The lowest BCUT2D eigenvalue weighted by Crippen LogP contribution is -2.28. The molecule has 1 aliphatic rings. The van der Waals surface area contributed by atoms with Gasteiger partial charge in [-0.2, -0.15) is 4.37 Å². The summed E-state index contributed by atoms with van der Waals surface area (Å²) in [7, 11) is 0. The highest BCUT2D eigenvalue weighted by Gasteiger charge is 2.32. The molecule has 94 valence electrons. The number of rotatable bonds is 4. The van der Waals surface area contributed by atoms with Crippen molar-refractivity contribution in [3.8, 4) is 0 Å². The van der Waals surface area contributed by atoms with Crippen molar-refractivity contribution in [1.82, 2.24) is 9.36 Å². The molecule has 0 amide bonds. The average Bonchev–Trinajstić information content (AvgIpc) is 2.77. The van der Waals surface area contributed by atoms with Crippen LogP contribution in [0.2, 0.25) is 0 Å². The van der Waals surface area contributed by atoms with Crippen molar-refractivity contribution >= 4 is 29.3 Å². The van der Waals surface area contributed by atoms with E-state index >= 15 is 0 Å². The van der Waals surface area contributed by atoms with Crippen LogP contribution in [0.1, 0.15) is 38.4 Å². The topological polar surface area (TPSA) is 63.1 Å². The van der Waals surface area contributed by atoms with Gasteiger partial charge in [0.2, 0.25) is 0 Å². The Hall–Kier alpha value is -0.620. The summed E-state index contributed by atoms with van der Waals surface area (Å²) < 4.78 is 5.15. The standard InChI is InChI=1S/C11H16N2O2S2/c1-2-9-12-11(17-13-9)16-8-6-4-3-5-7(8)10(14)15/h7-8H,2-6H2,1H3,(H,14,15). The van der Waals surface area contributed by atoms with E-state index in [0.29, 0.717) is 0 Å². The largest absolute Gasteiger partial charge is 0.481 e. The molecule has 1 aromatic heterocycles. The van der Waals surface area contributed by atoms with Gasteiger partial charge in [0.1, 0.15) is 5.82 Å². The van der Waals surface area contributed by atoms with Crippen LogP contribution in [-0.2, 0) is 11.2 Å². The van der Waals surface area contributed by atoms with Crippen molar-refractivity contribution in [2.24, 2.45) is 5.92 Å². The summed E-state index contributed by atoms with van der Waals surface area (Å²) in [6.07, 6.45) is 4.77. The number of hydrogen-bond donors (Lipinski definition) is 1. The van der Waals surface area contributed by atoms with E-state index in [4.69, 9.17) is 0 Å². The molecule has 1 fully saturated rings. The number of carbonyl (C=O) groups is 1. The lowest BCUT2D eigenvalue weighted by molar-refractivity contribution is -0.142. The van der Waals surface area contributed by atoms with Crippen LogP contribution in [0.3, 0.4) is 0 Å². The zero-order chi connectivity index (χ0) is 12.3. The van der Waals surface area contributed by atoms with Crippen molar-refractivity contribution in [1.29, 1.82) is 0 Å². The predicted octanol–water partition coefficient (Wildman–Crippen LogP) is 2.84. The highest BCUT2D eigenvalue weighted by atomic mass is 32.2. The monoisotopic (exact) mass is 272 g/mol. The molecule has 0 bridgehead atoms. The molecule has 4 nitrogen and oxygen atoms in total. The number of carboxylic acid groups (broad SMARTS) is 1. The number of nitrogens with zero attached hydrogens (tertiary/aromatic N) is 2. The van der Waals surface area contributed by atoms with Gasteiger partial charge in [-0.25, -0.2) is 4.98 Å². The van der Waals surface area contributed by atoms with E-state index in [-0.39, 0.29) is 11.2 Å². The predicted molar refractivity (Wildman–Crippen MR) is 68.5 cm³/mol. The van der Waals surface area contributed by atoms with E-state index in [2.05, 4.69) is 9.36 Å². The molecular formula is C11H16N2O2S2. The Labute approximate surface area is 109 Å². The second kappa shape index (κ2) is 5.82. The van der Waals surface area contributed by atoms with E-state index < -0.39 is 5.97 Å². The Kier molecular flexibility index (Phi) is 4.39. The number of aryl methyl sites for hydroxylation is 1. The van der Waals surface area contributed by atoms with Crippen LogP contribution < -0.4 is 0 Å². The van der Waals surface area contributed by atoms with Gasteiger partial charge in [0.25, 0.3) is 0 Å². The molecule has 0 spiro atoms. The second-order valence-corrected chi connectivity index (χ2v) is 6.45. The van der Waals surface area contributed by atoms with Crippen molar-refractivity contribution in [2.45, 2.75) is 48.6 Å². The zero-order valence-corrected chi connectivity index (χ0v) is 11.4.